The van der Waals surface area contributed by atoms with Crippen molar-refractivity contribution in [2.45, 2.75) is 32.9 Å². The van der Waals surface area contributed by atoms with Crippen molar-refractivity contribution in [2.24, 2.45) is 11.1 Å². The molecule has 0 spiro atoms. The summed E-state index contributed by atoms with van der Waals surface area (Å²) in [6.45, 7) is 4.32. The first-order valence-electron chi connectivity index (χ1n) is 6.23. The molecule has 112 valence electrons. The Morgan fingerprint density at radius 2 is 1.75 bits per heavy atom. The number of rotatable bonds is 6. The second kappa shape index (κ2) is 6.43. The topological polar surface area (TPSA) is 35.2 Å². The Kier molecular flexibility index (Phi) is 5.39. The molecule has 0 amide bonds. The second-order valence-corrected chi connectivity index (χ2v) is 5.66. The van der Waals surface area contributed by atoms with Gasteiger partial charge < -0.3 is 10.5 Å². The summed E-state index contributed by atoms with van der Waals surface area (Å²) in [5.74, 6) is 0.422. The maximum Gasteiger partial charge on any atom is 0.416 e. The van der Waals surface area contributed by atoms with Crippen LogP contribution in [0.1, 0.15) is 32.3 Å². The predicted octanol–water partition coefficient (Wildman–Crippen LogP) is 4.18. The third kappa shape index (κ3) is 5.00. The SMILES string of the molecule is CC(C)(CCCOc1ccc(C(F)(F)F)cc1)C(N)=S. The molecule has 20 heavy (non-hydrogen) atoms. The van der Waals surface area contributed by atoms with Crippen LogP contribution in [0, 0.1) is 5.41 Å². The molecule has 0 bridgehead atoms. The van der Waals surface area contributed by atoms with E-state index < -0.39 is 11.7 Å². The van der Waals surface area contributed by atoms with Gasteiger partial charge in [0, 0.05) is 5.41 Å². The van der Waals surface area contributed by atoms with Gasteiger partial charge in [-0.1, -0.05) is 26.1 Å². The Bertz CT molecular complexity index is 454. The number of benzene rings is 1. The third-order valence-corrected chi connectivity index (χ3v) is 3.62. The molecule has 2 nitrogen and oxygen atoms in total. The van der Waals surface area contributed by atoms with Crippen LogP contribution in [0.15, 0.2) is 24.3 Å². The summed E-state index contributed by atoms with van der Waals surface area (Å²) in [6, 6.07) is 4.66. The van der Waals surface area contributed by atoms with E-state index in [9.17, 15) is 13.2 Å². The maximum atomic E-state index is 12.4. The third-order valence-electron chi connectivity index (χ3n) is 3.06. The monoisotopic (exact) mass is 305 g/mol. The molecule has 0 aliphatic carbocycles. The molecule has 0 aliphatic rings. The van der Waals surface area contributed by atoms with E-state index in [0.29, 0.717) is 17.3 Å². The van der Waals surface area contributed by atoms with E-state index >= 15 is 0 Å². The minimum absolute atomic E-state index is 0.237. The van der Waals surface area contributed by atoms with Gasteiger partial charge in [-0.15, -0.1) is 0 Å². The first-order chi connectivity index (χ1) is 9.13. The van der Waals surface area contributed by atoms with E-state index in [-0.39, 0.29) is 5.41 Å². The van der Waals surface area contributed by atoms with Crippen LogP contribution >= 0.6 is 12.2 Å². The lowest BCUT2D eigenvalue weighted by Crippen LogP contribution is -2.30. The molecule has 0 unspecified atom stereocenters. The Balaban J connectivity index is 2.42. The number of ether oxygens (including phenoxy) is 1. The summed E-state index contributed by atoms with van der Waals surface area (Å²) in [7, 11) is 0. The highest BCUT2D eigenvalue weighted by Crippen LogP contribution is 2.30. The lowest BCUT2D eigenvalue weighted by atomic mass is 9.88. The Labute approximate surface area is 122 Å². The Morgan fingerprint density at radius 1 is 1.20 bits per heavy atom. The summed E-state index contributed by atoms with van der Waals surface area (Å²) in [5, 5.41) is 0. The van der Waals surface area contributed by atoms with Crippen LogP contribution in [0.5, 0.6) is 5.75 Å². The Hall–Kier alpha value is -1.30. The molecule has 1 aromatic rings. The van der Waals surface area contributed by atoms with Crippen molar-refractivity contribution in [3.8, 4) is 5.75 Å². The van der Waals surface area contributed by atoms with Crippen LogP contribution in [-0.4, -0.2) is 11.6 Å². The molecule has 0 aliphatic heterocycles. The van der Waals surface area contributed by atoms with Crippen LogP contribution < -0.4 is 10.5 Å². The lowest BCUT2D eigenvalue weighted by Gasteiger charge is -2.22. The van der Waals surface area contributed by atoms with E-state index in [1.807, 2.05) is 13.8 Å². The van der Waals surface area contributed by atoms with Crippen molar-refractivity contribution in [1.29, 1.82) is 0 Å². The van der Waals surface area contributed by atoms with Gasteiger partial charge in [0.1, 0.15) is 5.75 Å². The fourth-order valence-electron chi connectivity index (χ4n) is 1.57. The number of hydrogen-bond acceptors (Lipinski definition) is 2. The van der Waals surface area contributed by atoms with Crippen molar-refractivity contribution < 1.29 is 17.9 Å². The fraction of sp³-hybridized carbons (Fsp3) is 0.500. The van der Waals surface area contributed by atoms with E-state index in [1.165, 1.54) is 12.1 Å². The lowest BCUT2D eigenvalue weighted by molar-refractivity contribution is -0.137. The van der Waals surface area contributed by atoms with Gasteiger partial charge in [-0.25, -0.2) is 0 Å². The maximum absolute atomic E-state index is 12.4. The van der Waals surface area contributed by atoms with E-state index in [1.54, 1.807) is 0 Å². The van der Waals surface area contributed by atoms with Crippen molar-refractivity contribution in [1.82, 2.24) is 0 Å². The zero-order chi connectivity index (χ0) is 15.4. The molecule has 0 saturated carbocycles. The van der Waals surface area contributed by atoms with Gasteiger partial charge in [0.2, 0.25) is 0 Å². The molecule has 2 N–H and O–H groups in total. The number of nitrogens with two attached hydrogens (primary N) is 1. The molecular weight excluding hydrogens is 287 g/mol. The zero-order valence-corrected chi connectivity index (χ0v) is 12.3. The average Bonchev–Trinajstić information content (AvgIpc) is 2.34. The molecule has 0 radical (unpaired) electrons. The first kappa shape index (κ1) is 16.8. The summed E-state index contributed by atoms with van der Waals surface area (Å²) in [6.07, 6.45) is -2.83. The zero-order valence-electron chi connectivity index (χ0n) is 11.5. The van der Waals surface area contributed by atoms with Crippen molar-refractivity contribution >= 4 is 17.2 Å². The average molecular weight is 305 g/mol. The van der Waals surface area contributed by atoms with Crippen LogP contribution in [0.2, 0.25) is 0 Å². The number of alkyl halides is 3. The molecular formula is C14H18F3NOS. The molecule has 1 rings (SSSR count). The molecule has 0 saturated heterocycles. The molecule has 0 heterocycles. The number of thiocarbonyl (C=S) groups is 1. The largest absolute Gasteiger partial charge is 0.494 e. The molecule has 6 heteroatoms. The summed E-state index contributed by atoms with van der Waals surface area (Å²) >= 11 is 4.95. The second-order valence-electron chi connectivity index (χ2n) is 5.22. The number of halogens is 3. The van der Waals surface area contributed by atoms with Crippen LogP contribution in [-0.2, 0) is 6.18 Å². The van der Waals surface area contributed by atoms with E-state index in [2.05, 4.69) is 0 Å². The molecule has 0 atom stereocenters. The normalized spacial score (nSPS) is 12.2. The van der Waals surface area contributed by atoms with Crippen LogP contribution in [0.25, 0.3) is 0 Å². The highest BCUT2D eigenvalue weighted by atomic mass is 32.1. The van der Waals surface area contributed by atoms with Gasteiger partial charge in [-0.05, 0) is 37.1 Å². The first-order valence-corrected chi connectivity index (χ1v) is 6.64. The minimum Gasteiger partial charge on any atom is -0.494 e. The van der Waals surface area contributed by atoms with Gasteiger partial charge in [0.05, 0.1) is 17.2 Å². The van der Waals surface area contributed by atoms with Crippen LogP contribution in [0.4, 0.5) is 13.2 Å². The van der Waals surface area contributed by atoms with Crippen molar-refractivity contribution in [3.05, 3.63) is 29.8 Å². The summed E-state index contributed by atoms with van der Waals surface area (Å²) < 4.78 is 42.5. The van der Waals surface area contributed by atoms with Crippen LogP contribution in [0.3, 0.4) is 0 Å². The van der Waals surface area contributed by atoms with Gasteiger partial charge in [0.15, 0.2) is 0 Å². The molecule has 0 aromatic heterocycles. The van der Waals surface area contributed by atoms with E-state index in [0.717, 1.165) is 25.0 Å². The highest BCUT2D eigenvalue weighted by Gasteiger charge is 2.30. The molecule has 1 aromatic carbocycles. The van der Waals surface area contributed by atoms with Gasteiger partial charge in [-0.2, -0.15) is 13.2 Å². The molecule has 0 fully saturated rings. The predicted molar refractivity (Wildman–Crippen MR) is 76.7 cm³/mol. The standard InChI is InChI=1S/C14H18F3NOS/c1-13(2,12(18)20)8-3-9-19-11-6-4-10(5-7-11)14(15,16)17/h4-7H,3,8-9H2,1-2H3,(H2,18,20). The van der Waals surface area contributed by atoms with Crippen molar-refractivity contribution in [2.75, 3.05) is 6.61 Å². The minimum atomic E-state index is -4.32. The fourth-order valence-corrected chi connectivity index (χ4v) is 1.67. The van der Waals surface area contributed by atoms with Gasteiger partial charge in [-0.3, -0.25) is 0 Å². The van der Waals surface area contributed by atoms with E-state index in [4.69, 9.17) is 22.7 Å². The van der Waals surface area contributed by atoms with Gasteiger partial charge >= 0.3 is 6.18 Å². The Morgan fingerprint density at radius 3 is 2.20 bits per heavy atom. The highest BCUT2D eigenvalue weighted by molar-refractivity contribution is 7.80. The summed E-state index contributed by atoms with van der Waals surface area (Å²) in [4.78, 5) is 0.451. The quantitative estimate of drug-likeness (QED) is 0.632. The van der Waals surface area contributed by atoms with Crippen molar-refractivity contribution in [3.63, 3.8) is 0 Å². The summed E-state index contributed by atoms with van der Waals surface area (Å²) in [5.41, 5.74) is 4.69. The number of hydrogen-bond donors (Lipinski definition) is 1. The van der Waals surface area contributed by atoms with Gasteiger partial charge in [0.25, 0.3) is 0 Å². The smallest absolute Gasteiger partial charge is 0.416 e.